The number of nitrogens with zero attached hydrogens (tertiary/aromatic N) is 2. The van der Waals surface area contributed by atoms with Gasteiger partial charge in [0.25, 0.3) is 11.5 Å². The smallest absolute Gasteiger partial charge is 0.257 e. The van der Waals surface area contributed by atoms with E-state index in [0.29, 0.717) is 23.3 Å². The van der Waals surface area contributed by atoms with Crippen molar-refractivity contribution in [3.05, 3.63) is 70.3 Å². The van der Waals surface area contributed by atoms with Gasteiger partial charge < -0.3 is 30.7 Å². The maximum atomic E-state index is 14.4. The zero-order valence-corrected chi connectivity index (χ0v) is 17.9. The van der Waals surface area contributed by atoms with E-state index in [0.717, 1.165) is 6.07 Å². The van der Waals surface area contributed by atoms with E-state index in [1.165, 1.54) is 30.6 Å². The van der Waals surface area contributed by atoms with Gasteiger partial charge in [0.05, 0.1) is 41.8 Å². The maximum Gasteiger partial charge on any atom is 0.257 e. The molecule has 0 saturated heterocycles. The number of nitrogens with one attached hydrogen (secondary N) is 3. The number of hydrogen-bond acceptors (Lipinski definition) is 7. The average Bonchev–Trinajstić information content (AvgIpc) is 2.78. The van der Waals surface area contributed by atoms with Gasteiger partial charge in [0.1, 0.15) is 17.5 Å². The largest absolute Gasteiger partial charge is 0.394 e. The van der Waals surface area contributed by atoms with Gasteiger partial charge in [-0.2, -0.15) is 0 Å². The van der Waals surface area contributed by atoms with Gasteiger partial charge in [0.15, 0.2) is 0 Å². The summed E-state index contributed by atoms with van der Waals surface area (Å²) in [7, 11) is 3.36. The number of H-pyrrole nitrogens is 1. The van der Waals surface area contributed by atoms with Gasteiger partial charge in [-0.05, 0) is 24.3 Å². The maximum absolute atomic E-state index is 14.4. The summed E-state index contributed by atoms with van der Waals surface area (Å²) in [6.45, 7) is -0.912. The third kappa shape index (κ3) is 5.33. The zero-order chi connectivity index (χ0) is 24.1. The van der Waals surface area contributed by atoms with Gasteiger partial charge in [-0.25, -0.2) is 8.78 Å². The second-order valence-electron chi connectivity index (χ2n) is 7.37. The van der Waals surface area contributed by atoms with Gasteiger partial charge in [-0.3, -0.25) is 14.6 Å². The molecule has 0 saturated carbocycles. The molecule has 0 aliphatic rings. The van der Waals surface area contributed by atoms with E-state index in [1.807, 2.05) is 0 Å². The molecule has 174 valence electrons. The van der Waals surface area contributed by atoms with Crippen molar-refractivity contribution in [1.82, 2.24) is 15.3 Å². The van der Waals surface area contributed by atoms with Gasteiger partial charge >= 0.3 is 0 Å². The molecule has 5 N–H and O–H groups in total. The highest BCUT2D eigenvalue weighted by atomic mass is 19.1. The van der Waals surface area contributed by atoms with Crippen molar-refractivity contribution in [3.63, 3.8) is 0 Å². The van der Waals surface area contributed by atoms with Crippen molar-refractivity contribution in [3.8, 4) is 11.1 Å². The van der Waals surface area contributed by atoms with Crippen LogP contribution < -0.4 is 21.1 Å². The second-order valence-corrected chi connectivity index (χ2v) is 7.37. The van der Waals surface area contributed by atoms with Crippen LogP contribution in [0.4, 0.5) is 26.0 Å². The summed E-state index contributed by atoms with van der Waals surface area (Å²) in [4.78, 5) is 33.5. The topological polar surface area (TPSA) is 131 Å². The van der Waals surface area contributed by atoms with Crippen LogP contribution in [0.15, 0.2) is 47.5 Å². The normalized spacial score (nSPS) is 10.9. The number of benzene rings is 1. The molecule has 3 aromatic rings. The third-order valence-electron chi connectivity index (χ3n) is 4.80. The molecule has 9 nitrogen and oxygen atoms in total. The zero-order valence-electron chi connectivity index (χ0n) is 17.9. The molecular weight excluding hydrogens is 436 g/mol. The number of pyridine rings is 2. The van der Waals surface area contributed by atoms with E-state index in [2.05, 4.69) is 20.6 Å². The van der Waals surface area contributed by atoms with E-state index in [1.54, 1.807) is 19.0 Å². The number of hydrogen-bond donors (Lipinski definition) is 5. The molecule has 0 unspecified atom stereocenters. The molecule has 0 bridgehead atoms. The van der Waals surface area contributed by atoms with Crippen LogP contribution in [0, 0.1) is 11.6 Å². The molecule has 11 heteroatoms. The highest BCUT2D eigenvalue weighted by Crippen LogP contribution is 2.30. The van der Waals surface area contributed by atoms with Crippen LogP contribution in [0.5, 0.6) is 0 Å². The minimum atomic E-state index is -0.896. The van der Waals surface area contributed by atoms with E-state index in [-0.39, 0.29) is 16.7 Å². The fourth-order valence-electron chi connectivity index (χ4n) is 3.12. The standard InChI is InChI=1S/C22H23F2N5O4/c1-29(2)20-19(8-15(21(32)28-20)14-4-3-12(23)7-17(14)24)27-18-5-6-25-9-16(18)22(33)26-13(10-30)11-31/h3-9,13,30-31H,10-11H2,1-2H3,(H,25,27)(H,26,33)(H,28,32). The quantitative estimate of drug-likeness (QED) is 0.346. The molecule has 0 radical (unpaired) electrons. The van der Waals surface area contributed by atoms with Gasteiger partial charge in [0.2, 0.25) is 0 Å². The predicted molar refractivity (Wildman–Crippen MR) is 120 cm³/mol. The Morgan fingerprint density at radius 2 is 1.85 bits per heavy atom. The fourth-order valence-corrected chi connectivity index (χ4v) is 3.12. The number of aromatic nitrogens is 2. The van der Waals surface area contributed by atoms with Crippen LogP contribution in [0.25, 0.3) is 11.1 Å². The molecule has 2 aromatic heterocycles. The minimum absolute atomic E-state index is 0.0405. The number of aromatic amines is 1. The number of aliphatic hydroxyl groups is 2. The van der Waals surface area contributed by atoms with Crippen LogP contribution in [0.1, 0.15) is 10.4 Å². The summed E-state index contributed by atoms with van der Waals surface area (Å²) in [5, 5.41) is 24.0. The summed E-state index contributed by atoms with van der Waals surface area (Å²) >= 11 is 0. The van der Waals surface area contributed by atoms with Gasteiger partial charge in [-0.1, -0.05) is 0 Å². The molecule has 0 aliphatic heterocycles. The second kappa shape index (κ2) is 10.2. The molecule has 2 heterocycles. The number of aliphatic hydroxyl groups excluding tert-OH is 2. The van der Waals surface area contributed by atoms with Gasteiger partial charge in [-0.15, -0.1) is 0 Å². The Kier molecular flexibility index (Phi) is 7.36. The minimum Gasteiger partial charge on any atom is -0.394 e. The molecule has 1 aromatic carbocycles. The Balaban J connectivity index is 2.07. The number of carbonyl (C=O) groups is 1. The highest BCUT2D eigenvalue weighted by molar-refractivity contribution is 6.00. The first kappa shape index (κ1) is 23.8. The Bertz CT molecular complexity index is 1210. The predicted octanol–water partition coefficient (Wildman–Crippen LogP) is 1.61. The third-order valence-corrected chi connectivity index (χ3v) is 4.80. The average molecular weight is 459 g/mol. The van der Waals surface area contributed by atoms with Crippen molar-refractivity contribution < 1.29 is 23.8 Å². The van der Waals surface area contributed by atoms with Gasteiger partial charge in [0, 0.05) is 38.1 Å². The fraction of sp³-hybridized carbons (Fsp3) is 0.227. The van der Waals surface area contributed by atoms with Crippen molar-refractivity contribution in [2.45, 2.75) is 6.04 Å². The number of halogens is 2. The molecule has 33 heavy (non-hydrogen) atoms. The molecule has 0 spiro atoms. The van der Waals surface area contributed by atoms with Crippen LogP contribution in [0.3, 0.4) is 0 Å². The molecule has 0 atom stereocenters. The lowest BCUT2D eigenvalue weighted by Crippen LogP contribution is -2.40. The van der Waals surface area contributed by atoms with Crippen molar-refractivity contribution in [2.75, 3.05) is 37.5 Å². The number of carbonyl (C=O) groups excluding carboxylic acids is 1. The summed E-state index contributed by atoms with van der Waals surface area (Å²) in [6.07, 6.45) is 2.74. The van der Waals surface area contributed by atoms with Crippen LogP contribution >= 0.6 is 0 Å². The lowest BCUT2D eigenvalue weighted by atomic mass is 10.1. The summed E-state index contributed by atoms with van der Waals surface area (Å²) < 4.78 is 27.7. The van der Waals surface area contributed by atoms with Crippen molar-refractivity contribution in [1.29, 1.82) is 0 Å². The molecule has 0 fully saturated rings. The SMILES string of the molecule is CN(C)c1[nH]c(=O)c(-c2ccc(F)cc2F)cc1Nc1ccncc1C(=O)NC(CO)CO. The molecule has 0 aliphatic carbocycles. The van der Waals surface area contributed by atoms with Crippen molar-refractivity contribution >= 4 is 23.1 Å². The molecule has 1 amide bonds. The molecule has 3 rings (SSSR count). The summed E-state index contributed by atoms with van der Waals surface area (Å²) in [6, 6.07) is 4.97. The first-order chi connectivity index (χ1) is 15.7. The number of rotatable bonds is 8. The van der Waals surface area contributed by atoms with Crippen LogP contribution in [0.2, 0.25) is 0 Å². The van der Waals surface area contributed by atoms with E-state index < -0.39 is 42.4 Å². The Morgan fingerprint density at radius 1 is 1.12 bits per heavy atom. The van der Waals surface area contributed by atoms with Crippen LogP contribution in [-0.4, -0.2) is 59.4 Å². The van der Waals surface area contributed by atoms with E-state index in [9.17, 15) is 28.6 Å². The highest BCUT2D eigenvalue weighted by Gasteiger charge is 2.19. The number of amides is 1. The number of anilines is 3. The van der Waals surface area contributed by atoms with Crippen molar-refractivity contribution in [2.24, 2.45) is 0 Å². The summed E-state index contributed by atoms with van der Waals surface area (Å²) in [5.41, 5.74) is 0.0250. The summed E-state index contributed by atoms with van der Waals surface area (Å²) in [5.74, 6) is -1.92. The monoisotopic (exact) mass is 459 g/mol. The van der Waals surface area contributed by atoms with E-state index in [4.69, 9.17) is 0 Å². The molecular formula is C22H23F2N5O4. The Morgan fingerprint density at radius 3 is 2.48 bits per heavy atom. The lowest BCUT2D eigenvalue weighted by Gasteiger charge is -2.21. The first-order valence-electron chi connectivity index (χ1n) is 9.88. The first-order valence-corrected chi connectivity index (χ1v) is 9.88. The Labute approximate surface area is 187 Å². The lowest BCUT2D eigenvalue weighted by molar-refractivity contribution is 0.0880. The van der Waals surface area contributed by atoms with E-state index >= 15 is 0 Å². The van der Waals surface area contributed by atoms with Crippen LogP contribution in [-0.2, 0) is 0 Å². The Hall–Kier alpha value is -3.83.